The number of nitrogens with zero attached hydrogens (tertiary/aromatic N) is 2. The topological polar surface area (TPSA) is 45.2 Å². The van der Waals surface area contributed by atoms with Crippen molar-refractivity contribution in [3.63, 3.8) is 0 Å². The molecule has 0 saturated carbocycles. The third-order valence-corrected chi connectivity index (χ3v) is 4.14. The number of hydrogen-bond acceptors (Lipinski definition) is 4. The van der Waals surface area contributed by atoms with E-state index in [-0.39, 0.29) is 11.9 Å². The van der Waals surface area contributed by atoms with E-state index in [2.05, 4.69) is 22.6 Å². The maximum absolute atomic E-state index is 12.0. The van der Waals surface area contributed by atoms with E-state index in [0.717, 1.165) is 36.6 Å². The van der Waals surface area contributed by atoms with Crippen LogP contribution in [0.1, 0.15) is 42.9 Å². The number of carbonyl (C=O) groups excluding carboxylic acids is 1. The predicted molar refractivity (Wildman–Crippen MR) is 73.7 cm³/mol. The molecular formula is C13H21N3OS. The summed E-state index contributed by atoms with van der Waals surface area (Å²) in [6, 6.07) is 0.142. The van der Waals surface area contributed by atoms with E-state index in [1.807, 2.05) is 11.8 Å². The lowest BCUT2D eigenvalue weighted by Gasteiger charge is -2.27. The van der Waals surface area contributed by atoms with Gasteiger partial charge in [-0.15, -0.1) is 11.3 Å². The van der Waals surface area contributed by atoms with E-state index in [4.69, 9.17) is 0 Å². The minimum atomic E-state index is 0.142. The van der Waals surface area contributed by atoms with Gasteiger partial charge in [0.05, 0.1) is 17.2 Å². The van der Waals surface area contributed by atoms with Crippen LogP contribution < -0.4 is 5.32 Å². The molecule has 1 fully saturated rings. The zero-order valence-electron chi connectivity index (χ0n) is 11.1. The van der Waals surface area contributed by atoms with Crippen molar-refractivity contribution in [1.82, 2.24) is 15.2 Å². The molecule has 1 N–H and O–H groups in total. The number of aryl methyl sites for hydroxylation is 1. The van der Waals surface area contributed by atoms with Crippen molar-refractivity contribution < 1.29 is 4.79 Å². The standard InChI is InChI=1S/C13H21N3OS/c1-10(12-9-18-11(2)15-12)14-8-13(17)16-6-4-3-5-7-16/h9-10,14H,3-8H2,1-2H3. The van der Waals surface area contributed by atoms with Crippen LogP contribution in [0.15, 0.2) is 5.38 Å². The van der Waals surface area contributed by atoms with E-state index < -0.39 is 0 Å². The Bertz CT molecular complexity index is 399. The number of thiazole rings is 1. The van der Waals surface area contributed by atoms with Gasteiger partial charge in [-0.2, -0.15) is 0 Å². The summed E-state index contributed by atoms with van der Waals surface area (Å²) in [7, 11) is 0. The van der Waals surface area contributed by atoms with Gasteiger partial charge in [0.15, 0.2) is 0 Å². The van der Waals surface area contributed by atoms with Crippen LogP contribution in [-0.4, -0.2) is 35.4 Å². The summed E-state index contributed by atoms with van der Waals surface area (Å²) in [6.07, 6.45) is 3.55. The molecule has 1 aliphatic rings. The van der Waals surface area contributed by atoms with E-state index in [1.165, 1.54) is 6.42 Å². The Balaban J connectivity index is 1.78. The van der Waals surface area contributed by atoms with Crippen LogP contribution >= 0.6 is 11.3 Å². The minimum Gasteiger partial charge on any atom is -0.342 e. The zero-order valence-corrected chi connectivity index (χ0v) is 11.9. The summed E-state index contributed by atoms with van der Waals surface area (Å²) in [5.74, 6) is 0.216. The fraction of sp³-hybridized carbons (Fsp3) is 0.692. The molecule has 1 aromatic heterocycles. The monoisotopic (exact) mass is 267 g/mol. The Hall–Kier alpha value is -0.940. The SMILES string of the molecule is Cc1nc(C(C)NCC(=O)N2CCCCC2)cs1. The van der Waals surface area contributed by atoms with Crippen LogP contribution in [0.2, 0.25) is 0 Å². The van der Waals surface area contributed by atoms with Crippen LogP contribution in [0.5, 0.6) is 0 Å². The van der Waals surface area contributed by atoms with Gasteiger partial charge in [-0.1, -0.05) is 0 Å². The van der Waals surface area contributed by atoms with Crippen LogP contribution in [0.25, 0.3) is 0 Å². The largest absolute Gasteiger partial charge is 0.342 e. The molecule has 1 atom stereocenters. The minimum absolute atomic E-state index is 0.142. The molecule has 2 heterocycles. The number of carbonyl (C=O) groups is 1. The summed E-state index contributed by atoms with van der Waals surface area (Å²) >= 11 is 1.65. The maximum atomic E-state index is 12.0. The lowest BCUT2D eigenvalue weighted by molar-refractivity contribution is -0.131. The molecule has 0 bridgehead atoms. The van der Waals surface area contributed by atoms with Crippen molar-refractivity contribution in [2.45, 2.75) is 39.2 Å². The molecule has 4 nitrogen and oxygen atoms in total. The van der Waals surface area contributed by atoms with Gasteiger partial charge in [-0.3, -0.25) is 4.79 Å². The fourth-order valence-corrected chi connectivity index (χ4v) is 2.89. The number of hydrogen-bond donors (Lipinski definition) is 1. The highest BCUT2D eigenvalue weighted by atomic mass is 32.1. The van der Waals surface area contributed by atoms with Crippen molar-refractivity contribution >= 4 is 17.2 Å². The second-order valence-corrected chi connectivity index (χ2v) is 5.90. The Morgan fingerprint density at radius 3 is 2.83 bits per heavy atom. The van der Waals surface area contributed by atoms with Crippen LogP contribution in [-0.2, 0) is 4.79 Å². The van der Waals surface area contributed by atoms with Crippen LogP contribution in [0.4, 0.5) is 0 Å². The first kappa shape index (κ1) is 13.5. The van der Waals surface area contributed by atoms with Crippen LogP contribution in [0, 0.1) is 6.92 Å². The van der Waals surface area contributed by atoms with E-state index in [1.54, 1.807) is 11.3 Å². The van der Waals surface area contributed by atoms with Crippen molar-refractivity contribution in [2.24, 2.45) is 0 Å². The third-order valence-electron chi connectivity index (χ3n) is 3.35. The quantitative estimate of drug-likeness (QED) is 0.909. The molecule has 0 aliphatic carbocycles. The first-order chi connectivity index (χ1) is 8.66. The summed E-state index contributed by atoms with van der Waals surface area (Å²) in [5, 5.41) is 6.39. The average molecular weight is 267 g/mol. The number of aromatic nitrogens is 1. The average Bonchev–Trinajstić information content (AvgIpc) is 2.83. The van der Waals surface area contributed by atoms with Gasteiger partial charge in [-0.05, 0) is 33.1 Å². The second-order valence-electron chi connectivity index (χ2n) is 4.84. The molecule has 5 heteroatoms. The van der Waals surface area contributed by atoms with Gasteiger partial charge in [0, 0.05) is 24.5 Å². The van der Waals surface area contributed by atoms with Gasteiger partial charge < -0.3 is 10.2 Å². The highest BCUT2D eigenvalue weighted by Crippen LogP contribution is 2.15. The number of likely N-dealkylation sites (tertiary alicyclic amines) is 1. The van der Waals surface area contributed by atoms with E-state index in [0.29, 0.717) is 6.54 Å². The summed E-state index contributed by atoms with van der Waals surface area (Å²) in [4.78, 5) is 18.4. The van der Waals surface area contributed by atoms with E-state index >= 15 is 0 Å². The first-order valence-corrected chi connectivity index (χ1v) is 7.48. The fourth-order valence-electron chi connectivity index (χ4n) is 2.18. The molecule has 0 aromatic carbocycles. The molecule has 100 valence electrons. The van der Waals surface area contributed by atoms with Gasteiger partial charge in [0.25, 0.3) is 0 Å². The number of amides is 1. The summed E-state index contributed by atoms with van der Waals surface area (Å²) < 4.78 is 0. The number of piperidine rings is 1. The molecular weight excluding hydrogens is 246 g/mol. The zero-order chi connectivity index (χ0) is 13.0. The third kappa shape index (κ3) is 3.53. The molecule has 0 spiro atoms. The Kier molecular flexibility index (Phi) is 4.72. The second kappa shape index (κ2) is 6.29. The number of rotatable bonds is 4. The molecule has 1 unspecified atom stereocenters. The summed E-state index contributed by atoms with van der Waals surface area (Å²) in [6.45, 7) is 6.31. The number of nitrogens with one attached hydrogen (secondary N) is 1. The van der Waals surface area contributed by atoms with Gasteiger partial charge in [0.2, 0.25) is 5.91 Å². The van der Waals surface area contributed by atoms with Gasteiger partial charge in [0.1, 0.15) is 0 Å². The van der Waals surface area contributed by atoms with Crippen molar-refractivity contribution in [1.29, 1.82) is 0 Å². The predicted octanol–water partition coefficient (Wildman–Crippen LogP) is 2.11. The highest BCUT2D eigenvalue weighted by molar-refractivity contribution is 7.09. The molecule has 1 saturated heterocycles. The first-order valence-electron chi connectivity index (χ1n) is 6.60. The lowest BCUT2D eigenvalue weighted by atomic mass is 10.1. The molecule has 1 amide bonds. The molecule has 1 aromatic rings. The molecule has 18 heavy (non-hydrogen) atoms. The molecule has 0 radical (unpaired) electrons. The van der Waals surface area contributed by atoms with Gasteiger partial charge in [-0.25, -0.2) is 4.98 Å². The summed E-state index contributed by atoms with van der Waals surface area (Å²) in [5.41, 5.74) is 1.03. The van der Waals surface area contributed by atoms with Crippen molar-refractivity contribution in [2.75, 3.05) is 19.6 Å². The van der Waals surface area contributed by atoms with E-state index in [9.17, 15) is 4.79 Å². The highest BCUT2D eigenvalue weighted by Gasteiger charge is 2.17. The molecule has 2 rings (SSSR count). The van der Waals surface area contributed by atoms with Crippen molar-refractivity contribution in [3.05, 3.63) is 16.1 Å². The van der Waals surface area contributed by atoms with Crippen molar-refractivity contribution in [3.8, 4) is 0 Å². The lowest BCUT2D eigenvalue weighted by Crippen LogP contribution is -2.41. The Morgan fingerprint density at radius 2 is 2.22 bits per heavy atom. The molecule has 1 aliphatic heterocycles. The normalized spacial score (nSPS) is 17.8. The van der Waals surface area contributed by atoms with Crippen LogP contribution in [0.3, 0.4) is 0 Å². The maximum Gasteiger partial charge on any atom is 0.236 e. The smallest absolute Gasteiger partial charge is 0.236 e. The Labute approximate surface area is 112 Å². The Morgan fingerprint density at radius 1 is 1.50 bits per heavy atom. The van der Waals surface area contributed by atoms with Gasteiger partial charge >= 0.3 is 0 Å².